The number of halogens is 1. The summed E-state index contributed by atoms with van der Waals surface area (Å²) in [5.74, 6) is 2.56. The van der Waals surface area contributed by atoms with Gasteiger partial charge in [-0.15, -0.1) is 0 Å². The van der Waals surface area contributed by atoms with Crippen LogP contribution in [-0.4, -0.2) is 12.6 Å². The lowest BCUT2D eigenvalue weighted by Gasteiger charge is -2.01. The zero-order valence-electron chi connectivity index (χ0n) is 5.06. The summed E-state index contributed by atoms with van der Waals surface area (Å²) >= 11 is 5.04. The molecular formula is C6H7ClO2. The summed E-state index contributed by atoms with van der Waals surface area (Å²) in [6.45, 7) is 2.15. The lowest BCUT2D eigenvalue weighted by molar-refractivity contribution is -0.132. The first kappa shape index (κ1) is 8.32. The second kappa shape index (κ2) is 5.46. The molecule has 0 aliphatic rings. The summed E-state index contributed by atoms with van der Waals surface area (Å²) in [7, 11) is 0. The van der Waals surface area contributed by atoms with E-state index in [4.69, 9.17) is 11.6 Å². The van der Waals surface area contributed by atoms with E-state index in [1.807, 2.05) is 0 Å². The Bertz CT molecular complexity index is 134. The highest BCUT2D eigenvalue weighted by molar-refractivity contribution is 6.30. The van der Waals surface area contributed by atoms with Gasteiger partial charge in [-0.25, -0.2) is 0 Å². The summed E-state index contributed by atoms with van der Waals surface area (Å²) in [6, 6.07) is 0. The highest BCUT2D eigenvalue weighted by Gasteiger charge is 1.95. The molecule has 9 heavy (non-hydrogen) atoms. The third-order valence-electron chi connectivity index (χ3n) is 0.744. The van der Waals surface area contributed by atoms with Crippen LogP contribution in [0.3, 0.4) is 0 Å². The third kappa shape index (κ3) is 5.19. The number of hydrogen-bond acceptors (Lipinski definition) is 2. The van der Waals surface area contributed by atoms with E-state index in [2.05, 4.69) is 16.0 Å². The van der Waals surface area contributed by atoms with Gasteiger partial charge >= 0.3 is 0 Å². The second-order valence-electron chi connectivity index (χ2n) is 1.52. The van der Waals surface area contributed by atoms with Crippen LogP contribution in [0, 0.1) is 11.3 Å². The SMILES string of the molecule is CC(CC#CCl)OC=O. The third-order valence-corrected chi connectivity index (χ3v) is 0.878. The van der Waals surface area contributed by atoms with Gasteiger partial charge in [0.1, 0.15) is 6.10 Å². The van der Waals surface area contributed by atoms with Crippen molar-refractivity contribution in [3.8, 4) is 11.3 Å². The molecule has 0 amide bonds. The van der Waals surface area contributed by atoms with Gasteiger partial charge in [-0.3, -0.25) is 4.79 Å². The van der Waals surface area contributed by atoms with Crippen molar-refractivity contribution in [2.24, 2.45) is 0 Å². The second-order valence-corrected chi connectivity index (χ2v) is 1.71. The maximum absolute atomic E-state index is 9.68. The van der Waals surface area contributed by atoms with Crippen LogP contribution in [0.5, 0.6) is 0 Å². The van der Waals surface area contributed by atoms with Gasteiger partial charge in [0.2, 0.25) is 0 Å². The Morgan fingerprint density at radius 2 is 2.56 bits per heavy atom. The summed E-state index contributed by atoms with van der Waals surface area (Å²) in [6.07, 6.45) is 0.330. The Balaban J connectivity index is 3.33. The van der Waals surface area contributed by atoms with E-state index < -0.39 is 0 Å². The van der Waals surface area contributed by atoms with Crippen LogP contribution in [0.1, 0.15) is 13.3 Å². The quantitative estimate of drug-likeness (QED) is 0.441. The normalized spacial score (nSPS) is 10.9. The molecule has 0 rings (SSSR count). The molecule has 1 unspecified atom stereocenters. The maximum Gasteiger partial charge on any atom is 0.293 e. The van der Waals surface area contributed by atoms with Gasteiger partial charge in [-0.05, 0) is 18.5 Å². The van der Waals surface area contributed by atoms with E-state index in [1.165, 1.54) is 0 Å². The summed E-state index contributed by atoms with van der Waals surface area (Å²) in [4.78, 5) is 9.68. The van der Waals surface area contributed by atoms with Crippen LogP contribution in [0.15, 0.2) is 0 Å². The van der Waals surface area contributed by atoms with E-state index in [0.717, 1.165) is 0 Å². The smallest absolute Gasteiger partial charge is 0.293 e. The summed E-state index contributed by atoms with van der Waals surface area (Å²) in [5.41, 5.74) is 0. The van der Waals surface area contributed by atoms with Crippen molar-refractivity contribution < 1.29 is 9.53 Å². The Morgan fingerprint density at radius 1 is 1.89 bits per heavy atom. The average molecular weight is 147 g/mol. The van der Waals surface area contributed by atoms with Crippen LogP contribution in [0.25, 0.3) is 0 Å². The minimum atomic E-state index is -0.159. The molecule has 0 saturated carbocycles. The highest BCUT2D eigenvalue weighted by atomic mass is 35.5. The molecule has 0 radical (unpaired) electrons. The molecule has 0 aliphatic heterocycles. The van der Waals surface area contributed by atoms with Crippen molar-refractivity contribution in [1.29, 1.82) is 0 Å². The van der Waals surface area contributed by atoms with E-state index >= 15 is 0 Å². The standard InChI is InChI=1S/C6H7ClO2/c1-6(9-5-8)3-2-4-7/h5-6H,3H2,1H3. The molecule has 0 N–H and O–H groups in total. The number of carbonyl (C=O) groups excluding carboxylic acids is 1. The zero-order chi connectivity index (χ0) is 7.11. The van der Waals surface area contributed by atoms with E-state index in [-0.39, 0.29) is 6.10 Å². The molecule has 0 aromatic rings. The minimum absolute atomic E-state index is 0.159. The largest absolute Gasteiger partial charge is 0.464 e. The van der Waals surface area contributed by atoms with E-state index in [1.54, 1.807) is 6.92 Å². The van der Waals surface area contributed by atoms with E-state index in [9.17, 15) is 4.79 Å². The lowest BCUT2D eigenvalue weighted by Crippen LogP contribution is -2.04. The molecule has 0 bridgehead atoms. The lowest BCUT2D eigenvalue weighted by atomic mass is 10.3. The molecule has 0 fully saturated rings. The van der Waals surface area contributed by atoms with Gasteiger partial charge in [0, 0.05) is 11.8 Å². The molecule has 0 aromatic carbocycles. The average Bonchev–Trinajstić information content (AvgIpc) is 1.85. The molecule has 0 aromatic heterocycles. The Morgan fingerprint density at radius 3 is 3.00 bits per heavy atom. The number of carbonyl (C=O) groups is 1. The van der Waals surface area contributed by atoms with Gasteiger partial charge in [-0.2, -0.15) is 0 Å². The zero-order valence-corrected chi connectivity index (χ0v) is 5.81. The van der Waals surface area contributed by atoms with Crippen molar-refractivity contribution in [1.82, 2.24) is 0 Å². The Labute approximate surface area is 59.1 Å². The number of hydrogen-bond donors (Lipinski definition) is 0. The van der Waals surface area contributed by atoms with Gasteiger partial charge < -0.3 is 4.74 Å². The van der Waals surface area contributed by atoms with Crippen molar-refractivity contribution in [3.63, 3.8) is 0 Å². The van der Waals surface area contributed by atoms with Gasteiger partial charge in [0.05, 0.1) is 0 Å². The van der Waals surface area contributed by atoms with Crippen molar-refractivity contribution >= 4 is 18.1 Å². The predicted molar refractivity (Wildman–Crippen MR) is 34.9 cm³/mol. The molecular weight excluding hydrogens is 140 g/mol. The minimum Gasteiger partial charge on any atom is -0.464 e. The van der Waals surface area contributed by atoms with Crippen LogP contribution < -0.4 is 0 Å². The number of ether oxygens (including phenoxy) is 1. The topological polar surface area (TPSA) is 26.3 Å². The summed E-state index contributed by atoms with van der Waals surface area (Å²) in [5, 5.41) is 2.18. The first-order chi connectivity index (χ1) is 4.31. The Kier molecular flexibility index (Phi) is 5.04. The highest BCUT2D eigenvalue weighted by Crippen LogP contribution is 1.92. The van der Waals surface area contributed by atoms with Crippen LogP contribution in [0.2, 0.25) is 0 Å². The fraction of sp³-hybridized carbons (Fsp3) is 0.500. The first-order valence-electron chi connectivity index (χ1n) is 2.49. The van der Waals surface area contributed by atoms with Crippen LogP contribution in [-0.2, 0) is 9.53 Å². The van der Waals surface area contributed by atoms with E-state index in [0.29, 0.717) is 12.9 Å². The van der Waals surface area contributed by atoms with Gasteiger partial charge in [0.15, 0.2) is 0 Å². The Hall–Kier alpha value is -0.680. The molecule has 2 nitrogen and oxygen atoms in total. The molecule has 50 valence electrons. The van der Waals surface area contributed by atoms with Crippen LogP contribution >= 0.6 is 11.6 Å². The van der Waals surface area contributed by atoms with Gasteiger partial charge in [0.25, 0.3) is 6.47 Å². The monoisotopic (exact) mass is 146 g/mol. The molecule has 0 spiro atoms. The fourth-order valence-corrected chi connectivity index (χ4v) is 0.402. The fourth-order valence-electron chi connectivity index (χ4n) is 0.325. The maximum atomic E-state index is 9.68. The van der Waals surface area contributed by atoms with Crippen LogP contribution in [0.4, 0.5) is 0 Å². The molecule has 0 aliphatic carbocycles. The van der Waals surface area contributed by atoms with Gasteiger partial charge in [-0.1, -0.05) is 5.92 Å². The molecule has 0 saturated heterocycles. The molecule has 3 heteroatoms. The van der Waals surface area contributed by atoms with Crippen molar-refractivity contribution in [3.05, 3.63) is 0 Å². The predicted octanol–water partition coefficient (Wildman–Crippen LogP) is 1.14. The number of rotatable bonds is 3. The first-order valence-corrected chi connectivity index (χ1v) is 2.86. The summed E-state index contributed by atoms with van der Waals surface area (Å²) < 4.78 is 4.50. The van der Waals surface area contributed by atoms with Crippen molar-refractivity contribution in [2.75, 3.05) is 0 Å². The van der Waals surface area contributed by atoms with Crippen molar-refractivity contribution in [2.45, 2.75) is 19.4 Å². The molecule has 1 atom stereocenters. The molecule has 0 heterocycles.